The van der Waals surface area contributed by atoms with Gasteiger partial charge in [-0.25, -0.2) is 19.9 Å². The number of hydrogen-bond acceptors (Lipinski definition) is 9. The summed E-state index contributed by atoms with van der Waals surface area (Å²) in [7, 11) is 2.14. The smallest absolute Gasteiger partial charge is 0.189 e. The third kappa shape index (κ3) is 3.38. The summed E-state index contributed by atoms with van der Waals surface area (Å²) in [6, 6.07) is 3.52. The highest BCUT2D eigenvalue weighted by Crippen LogP contribution is 2.37. The molecular formula is C21H23N7OS2. The largest absolute Gasteiger partial charge is 0.506 e. The molecule has 0 amide bonds. The molecule has 0 spiro atoms. The molecule has 3 N–H and O–H groups in total. The number of imidazole rings is 1. The molecule has 2 saturated heterocycles. The second kappa shape index (κ2) is 7.25. The van der Waals surface area contributed by atoms with Gasteiger partial charge in [0.2, 0.25) is 0 Å². The first kappa shape index (κ1) is 19.1. The van der Waals surface area contributed by atoms with Crippen molar-refractivity contribution in [2.24, 2.45) is 0 Å². The molecule has 10 heteroatoms. The predicted octanol–water partition coefficient (Wildman–Crippen LogP) is 3.94. The van der Waals surface area contributed by atoms with E-state index in [0.717, 1.165) is 31.1 Å². The molecule has 0 aromatic carbocycles. The molecule has 0 radical (unpaired) electrons. The van der Waals surface area contributed by atoms with Gasteiger partial charge >= 0.3 is 0 Å². The van der Waals surface area contributed by atoms with E-state index in [-0.39, 0.29) is 5.75 Å². The Bertz CT molecular complexity index is 1220. The van der Waals surface area contributed by atoms with Crippen molar-refractivity contribution in [3.05, 3.63) is 23.5 Å². The molecule has 0 saturated carbocycles. The minimum atomic E-state index is 0.0903. The lowest BCUT2D eigenvalue weighted by atomic mass is 9.99. The quantitative estimate of drug-likeness (QED) is 0.430. The molecule has 8 nitrogen and oxygen atoms in total. The predicted molar refractivity (Wildman–Crippen MR) is 124 cm³/mol. The van der Waals surface area contributed by atoms with Crippen LogP contribution in [0.2, 0.25) is 0 Å². The number of aryl methyl sites for hydroxylation is 1. The van der Waals surface area contributed by atoms with Gasteiger partial charge in [0, 0.05) is 43.1 Å². The van der Waals surface area contributed by atoms with Gasteiger partial charge in [0.15, 0.2) is 21.4 Å². The standard InChI is InChI=1S/C21H23N7OS2/c1-10-22-9-16(30-10)11-5-15(29)17(23-8-11)18-25-19-20(26-18)31-21(27-19)28(2)14-6-12-3-4-13(7-14)24-12/h5,8-9,12-14,24,29H,3-4,6-7H2,1-2H3,(H,25,26)/t12-,13+,14?. The summed E-state index contributed by atoms with van der Waals surface area (Å²) in [6.07, 6.45) is 8.46. The summed E-state index contributed by atoms with van der Waals surface area (Å²) in [4.78, 5) is 25.6. The maximum Gasteiger partial charge on any atom is 0.189 e. The number of aromatic amines is 1. The fourth-order valence-electron chi connectivity index (χ4n) is 4.73. The molecule has 3 atom stereocenters. The second-order valence-corrected chi connectivity index (χ2v) is 10.6. The zero-order valence-corrected chi connectivity index (χ0v) is 18.9. The normalized spacial score (nSPS) is 23.0. The van der Waals surface area contributed by atoms with Crippen molar-refractivity contribution >= 4 is 38.3 Å². The van der Waals surface area contributed by atoms with Crippen molar-refractivity contribution in [1.82, 2.24) is 30.2 Å². The topological polar surface area (TPSA) is 103 Å². The maximum absolute atomic E-state index is 10.6. The minimum Gasteiger partial charge on any atom is -0.506 e. The van der Waals surface area contributed by atoms with Crippen molar-refractivity contribution in [3.63, 3.8) is 0 Å². The van der Waals surface area contributed by atoms with Gasteiger partial charge < -0.3 is 20.3 Å². The van der Waals surface area contributed by atoms with Gasteiger partial charge in [0.25, 0.3) is 0 Å². The molecule has 2 aliphatic heterocycles. The number of aromatic hydroxyl groups is 1. The number of anilines is 1. The lowest BCUT2D eigenvalue weighted by Crippen LogP contribution is -2.47. The molecule has 0 aliphatic carbocycles. The summed E-state index contributed by atoms with van der Waals surface area (Å²) >= 11 is 3.16. The molecular weight excluding hydrogens is 430 g/mol. The van der Waals surface area contributed by atoms with E-state index in [9.17, 15) is 5.11 Å². The van der Waals surface area contributed by atoms with Gasteiger partial charge in [0.1, 0.15) is 11.4 Å². The first-order chi connectivity index (χ1) is 15.0. The van der Waals surface area contributed by atoms with E-state index >= 15 is 0 Å². The van der Waals surface area contributed by atoms with Crippen LogP contribution in [0, 0.1) is 6.92 Å². The Morgan fingerprint density at radius 1 is 1.10 bits per heavy atom. The van der Waals surface area contributed by atoms with Gasteiger partial charge in [0.05, 0.1) is 9.88 Å². The zero-order valence-electron chi connectivity index (χ0n) is 17.3. The van der Waals surface area contributed by atoms with E-state index in [0.29, 0.717) is 29.6 Å². The SMILES string of the molecule is Cc1ncc(-c2cnc(-c3nc4sc(N(C)C5C[C@H]6CC[C@@H](C5)N6)nc4[nH]3)c(O)c2)s1. The molecule has 6 heterocycles. The Morgan fingerprint density at radius 3 is 2.58 bits per heavy atom. The maximum atomic E-state index is 10.6. The Kier molecular flexibility index (Phi) is 4.48. The van der Waals surface area contributed by atoms with Gasteiger partial charge in [-0.3, -0.25) is 0 Å². The van der Waals surface area contributed by atoms with Crippen LogP contribution in [0.4, 0.5) is 5.13 Å². The van der Waals surface area contributed by atoms with E-state index < -0.39 is 0 Å². The van der Waals surface area contributed by atoms with Gasteiger partial charge in [-0.15, -0.1) is 11.3 Å². The van der Waals surface area contributed by atoms with E-state index in [4.69, 9.17) is 4.98 Å². The number of fused-ring (bicyclic) bond motifs is 3. The van der Waals surface area contributed by atoms with Crippen LogP contribution in [-0.4, -0.2) is 55.2 Å². The monoisotopic (exact) mass is 453 g/mol. The first-order valence-corrected chi connectivity index (χ1v) is 12.1. The number of nitrogens with zero attached hydrogens (tertiary/aromatic N) is 5. The minimum absolute atomic E-state index is 0.0903. The van der Waals surface area contributed by atoms with E-state index in [1.807, 2.05) is 6.92 Å². The number of hydrogen-bond donors (Lipinski definition) is 3. The summed E-state index contributed by atoms with van der Waals surface area (Å²) in [5, 5.41) is 16.2. The number of H-pyrrole nitrogens is 1. The van der Waals surface area contributed by atoms with Crippen LogP contribution in [0.1, 0.15) is 30.7 Å². The Balaban J connectivity index is 1.25. The Labute approximate surface area is 187 Å². The lowest BCUT2D eigenvalue weighted by Gasteiger charge is -2.35. The van der Waals surface area contributed by atoms with E-state index in [2.05, 4.69) is 37.2 Å². The van der Waals surface area contributed by atoms with Crippen molar-refractivity contribution in [3.8, 4) is 27.7 Å². The third-order valence-electron chi connectivity index (χ3n) is 6.34. The summed E-state index contributed by atoms with van der Waals surface area (Å²) < 4.78 is 0. The Morgan fingerprint density at radius 2 is 1.90 bits per heavy atom. The molecule has 1 unspecified atom stereocenters. The van der Waals surface area contributed by atoms with E-state index in [1.54, 1.807) is 41.1 Å². The molecule has 31 heavy (non-hydrogen) atoms. The van der Waals surface area contributed by atoms with Crippen molar-refractivity contribution in [2.45, 2.75) is 50.7 Å². The highest BCUT2D eigenvalue weighted by Gasteiger charge is 2.36. The molecule has 6 rings (SSSR count). The average Bonchev–Trinajstić information content (AvgIpc) is 3.51. The number of pyridine rings is 1. The second-order valence-electron chi connectivity index (χ2n) is 8.44. The molecule has 4 aromatic rings. The highest BCUT2D eigenvalue weighted by atomic mass is 32.1. The van der Waals surface area contributed by atoms with Crippen LogP contribution < -0.4 is 10.2 Å². The van der Waals surface area contributed by atoms with Crippen LogP contribution in [0.15, 0.2) is 18.5 Å². The van der Waals surface area contributed by atoms with Crippen LogP contribution >= 0.6 is 22.7 Å². The van der Waals surface area contributed by atoms with E-state index in [1.165, 1.54) is 25.7 Å². The molecule has 2 bridgehead atoms. The molecule has 2 aliphatic rings. The number of nitrogens with one attached hydrogen (secondary N) is 2. The number of aromatic nitrogens is 5. The van der Waals surface area contributed by atoms with Crippen molar-refractivity contribution < 1.29 is 5.11 Å². The number of piperidine rings is 1. The van der Waals surface area contributed by atoms with Gasteiger partial charge in [-0.1, -0.05) is 11.3 Å². The average molecular weight is 454 g/mol. The number of thiazole rings is 2. The zero-order chi connectivity index (χ0) is 21.1. The Hall–Kier alpha value is -2.56. The summed E-state index contributed by atoms with van der Waals surface area (Å²) in [6.45, 7) is 1.96. The fraction of sp³-hybridized carbons (Fsp3) is 0.429. The van der Waals surface area contributed by atoms with Crippen molar-refractivity contribution in [2.75, 3.05) is 11.9 Å². The first-order valence-electron chi connectivity index (χ1n) is 10.5. The van der Waals surface area contributed by atoms with Crippen LogP contribution in [0.25, 0.3) is 32.4 Å². The molecule has 4 aromatic heterocycles. The van der Waals surface area contributed by atoms with Crippen LogP contribution in [-0.2, 0) is 0 Å². The highest BCUT2D eigenvalue weighted by molar-refractivity contribution is 7.21. The fourth-order valence-corrected chi connectivity index (χ4v) is 6.42. The van der Waals surface area contributed by atoms with Gasteiger partial charge in [-0.2, -0.15) is 0 Å². The number of rotatable bonds is 4. The van der Waals surface area contributed by atoms with Crippen molar-refractivity contribution in [1.29, 1.82) is 0 Å². The third-order valence-corrected chi connectivity index (χ3v) is 8.35. The summed E-state index contributed by atoms with van der Waals surface area (Å²) in [5.74, 6) is 0.625. The molecule has 2 fully saturated rings. The lowest BCUT2D eigenvalue weighted by molar-refractivity contribution is 0.354. The van der Waals surface area contributed by atoms with Crippen LogP contribution in [0.5, 0.6) is 5.75 Å². The summed E-state index contributed by atoms with van der Waals surface area (Å²) in [5.41, 5.74) is 2.01. The molecule has 160 valence electrons. The van der Waals surface area contributed by atoms with Crippen LogP contribution in [0.3, 0.4) is 0 Å². The van der Waals surface area contributed by atoms with Gasteiger partial charge in [-0.05, 0) is 38.7 Å².